The van der Waals surface area contributed by atoms with Gasteiger partial charge in [0.05, 0.1) is 39.9 Å². The lowest BCUT2D eigenvalue weighted by Crippen LogP contribution is -2.45. The normalized spacial score (nSPS) is 14.4. The zero-order valence-corrected chi connectivity index (χ0v) is 43.6. The van der Waals surface area contributed by atoms with Crippen LogP contribution in [-0.4, -0.2) is 68.5 Å². The Balaban J connectivity index is 4.33. The summed E-state index contributed by atoms with van der Waals surface area (Å²) in [5.74, 6) is -0.211. The predicted octanol–water partition coefficient (Wildman–Crippen LogP) is 15.3. The van der Waals surface area contributed by atoms with Gasteiger partial charge in [0.1, 0.15) is 13.2 Å². The van der Waals surface area contributed by atoms with Gasteiger partial charge in [-0.2, -0.15) is 0 Å². The quantitative estimate of drug-likeness (QED) is 0.0272. The number of nitrogens with zero attached hydrogens (tertiary/aromatic N) is 1. The molecule has 0 aromatic rings. The van der Waals surface area contributed by atoms with Gasteiger partial charge in [0.25, 0.3) is 7.82 Å². The van der Waals surface area contributed by atoms with E-state index in [2.05, 4.69) is 55.6 Å². The average molecular weight is 921 g/mol. The molecule has 3 unspecified atom stereocenters. The first-order valence-corrected chi connectivity index (χ1v) is 28.5. The lowest BCUT2D eigenvalue weighted by molar-refractivity contribution is -0.870. The highest BCUT2D eigenvalue weighted by Gasteiger charge is 2.23. The Morgan fingerprint density at radius 1 is 0.547 bits per heavy atom. The van der Waals surface area contributed by atoms with Gasteiger partial charge in [-0.25, -0.2) is 0 Å². The number of carbonyl (C=O) groups is 1. The second-order valence-corrected chi connectivity index (χ2v) is 21.0. The van der Waals surface area contributed by atoms with E-state index >= 15 is 0 Å². The maximum atomic E-state index is 12.9. The Morgan fingerprint density at radius 2 is 0.922 bits per heavy atom. The SMILES string of the molecule is CCCCCCC/C=C\C/C=C\CCCCCCCCCCCC(=O)NC(COP(=O)([O-])OCC[N+](C)(C)C)C(O)/C=C/CC/C=C/CCCCCCCCCCCCCCCCC. The standard InChI is InChI=1S/C55H105N2O6P/c1-6-8-10-12-14-16-18-20-22-24-26-28-30-32-34-36-38-40-42-44-46-48-54(58)53(52-63-64(60,61)62-51-50-57(3,4)5)56-55(59)49-47-45-43-41-39-37-35-33-31-29-27-25-23-21-19-17-15-13-11-9-7-2/h19,21,25,27,38,40,46,48,53-54,58H,6-18,20,22-24,26,28-37,39,41-45,47,49-52H2,1-5H3,(H-,56,59,60,61)/b21-19-,27-25-,40-38+,48-46+. The van der Waals surface area contributed by atoms with Gasteiger partial charge >= 0.3 is 0 Å². The molecule has 0 radical (unpaired) electrons. The fraction of sp³-hybridized carbons (Fsp3) is 0.836. The number of unbranched alkanes of at least 4 members (excludes halogenated alkanes) is 30. The van der Waals surface area contributed by atoms with Crippen LogP contribution in [0.5, 0.6) is 0 Å². The summed E-state index contributed by atoms with van der Waals surface area (Å²) in [5, 5.41) is 13.8. The number of likely N-dealkylation sites (N-methyl/N-ethyl adjacent to an activating group) is 1. The molecule has 376 valence electrons. The van der Waals surface area contributed by atoms with Gasteiger partial charge < -0.3 is 28.8 Å². The molecule has 3 atom stereocenters. The van der Waals surface area contributed by atoms with Crippen LogP contribution in [0.2, 0.25) is 0 Å². The number of hydrogen-bond donors (Lipinski definition) is 2. The Morgan fingerprint density at radius 3 is 1.36 bits per heavy atom. The van der Waals surface area contributed by atoms with Crippen molar-refractivity contribution in [2.75, 3.05) is 40.9 Å². The van der Waals surface area contributed by atoms with E-state index in [9.17, 15) is 19.4 Å². The number of hydrogen-bond acceptors (Lipinski definition) is 6. The topological polar surface area (TPSA) is 108 Å². The van der Waals surface area contributed by atoms with Crippen LogP contribution in [0.3, 0.4) is 0 Å². The molecule has 0 bridgehead atoms. The van der Waals surface area contributed by atoms with Gasteiger partial charge in [0.15, 0.2) is 0 Å². The number of aliphatic hydroxyl groups excluding tert-OH is 1. The van der Waals surface area contributed by atoms with Crippen molar-refractivity contribution in [3.05, 3.63) is 48.6 Å². The van der Waals surface area contributed by atoms with Crippen LogP contribution in [0.15, 0.2) is 48.6 Å². The Hall–Kier alpha value is -1.54. The minimum Gasteiger partial charge on any atom is -0.756 e. The van der Waals surface area contributed by atoms with E-state index in [0.717, 1.165) is 44.9 Å². The van der Waals surface area contributed by atoms with Crippen molar-refractivity contribution < 1.29 is 32.9 Å². The number of amides is 1. The molecular formula is C55H105N2O6P. The van der Waals surface area contributed by atoms with Crippen LogP contribution >= 0.6 is 7.82 Å². The van der Waals surface area contributed by atoms with Crippen molar-refractivity contribution in [1.29, 1.82) is 0 Å². The number of rotatable bonds is 49. The van der Waals surface area contributed by atoms with Gasteiger partial charge in [-0.05, 0) is 64.2 Å². The molecular weight excluding hydrogens is 816 g/mol. The monoisotopic (exact) mass is 921 g/mol. The molecule has 9 heteroatoms. The third-order valence-corrected chi connectivity index (χ3v) is 13.0. The van der Waals surface area contributed by atoms with Crippen molar-refractivity contribution >= 4 is 13.7 Å². The number of quaternary nitrogens is 1. The van der Waals surface area contributed by atoms with E-state index in [1.807, 2.05) is 27.2 Å². The van der Waals surface area contributed by atoms with Gasteiger partial charge in [-0.15, -0.1) is 0 Å². The van der Waals surface area contributed by atoms with Gasteiger partial charge in [-0.3, -0.25) is 9.36 Å². The van der Waals surface area contributed by atoms with Crippen molar-refractivity contribution in [1.82, 2.24) is 5.32 Å². The van der Waals surface area contributed by atoms with Crippen molar-refractivity contribution in [2.24, 2.45) is 0 Å². The van der Waals surface area contributed by atoms with Crippen LogP contribution in [-0.2, 0) is 18.4 Å². The molecule has 0 aliphatic rings. The molecule has 0 aromatic carbocycles. The van der Waals surface area contributed by atoms with Gasteiger partial charge in [0, 0.05) is 6.42 Å². The lowest BCUT2D eigenvalue weighted by atomic mass is 10.0. The number of carbonyl (C=O) groups excluding carboxylic acids is 1. The zero-order valence-electron chi connectivity index (χ0n) is 42.7. The summed E-state index contributed by atoms with van der Waals surface area (Å²) in [6, 6.07) is -0.907. The Bertz CT molecular complexity index is 1180. The first-order chi connectivity index (χ1) is 31.0. The Kier molecular flexibility index (Phi) is 45.4. The molecule has 0 saturated carbocycles. The summed E-state index contributed by atoms with van der Waals surface area (Å²) in [4.78, 5) is 25.4. The van der Waals surface area contributed by atoms with E-state index in [1.54, 1.807) is 6.08 Å². The third kappa shape index (κ3) is 48.4. The van der Waals surface area contributed by atoms with Crippen LogP contribution in [0, 0.1) is 0 Å². The van der Waals surface area contributed by atoms with Crippen molar-refractivity contribution in [3.63, 3.8) is 0 Å². The molecule has 0 aliphatic carbocycles. The maximum absolute atomic E-state index is 12.9. The first-order valence-electron chi connectivity index (χ1n) is 27.0. The molecule has 2 N–H and O–H groups in total. The summed E-state index contributed by atoms with van der Waals surface area (Å²) in [5.41, 5.74) is 0. The summed E-state index contributed by atoms with van der Waals surface area (Å²) in [6.07, 6.45) is 60.3. The van der Waals surface area contributed by atoms with Gasteiger partial charge in [0.2, 0.25) is 5.91 Å². The van der Waals surface area contributed by atoms with Crippen LogP contribution < -0.4 is 10.2 Å². The number of phosphoric ester groups is 1. The van der Waals surface area contributed by atoms with Crippen LogP contribution in [0.25, 0.3) is 0 Å². The summed E-state index contributed by atoms with van der Waals surface area (Å²) < 4.78 is 23.3. The minimum absolute atomic E-state index is 0.00797. The summed E-state index contributed by atoms with van der Waals surface area (Å²) in [6.45, 7) is 4.63. The van der Waals surface area contributed by atoms with Crippen molar-refractivity contribution in [2.45, 2.75) is 257 Å². The number of nitrogens with one attached hydrogen (secondary N) is 1. The molecule has 0 spiro atoms. The molecule has 0 fully saturated rings. The average Bonchev–Trinajstić information content (AvgIpc) is 3.25. The van der Waals surface area contributed by atoms with Crippen LogP contribution in [0.1, 0.15) is 245 Å². The number of aliphatic hydroxyl groups is 1. The molecule has 0 saturated heterocycles. The van der Waals surface area contributed by atoms with Crippen LogP contribution in [0.4, 0.5) is 0 Å². The van der Waals surface area contributed by atoms with E-state index in [4.69, 9.17) is 9.05 Å². The second-order valence-electron chi connectivity index (χ2n) is 19.6. The highest BCUT2D eigenvalue weighted by molar-refractivity contribution is 7.45. The Labute approximate surface area is 397 Å². The van der Waals surface area contributed by atoms with E-state index in [0.29, 0.717) is 17.4 Å². The number of allylic oxidation sites excluding steroid dienone is 7. The van der Waals surface area contributed by atoms with E-state index in [-0.39, 0.29) is 12.5 Å². The van der Waals surface area contributed by atoms with Gasteiger partial charge in [-0.1, -0.05) is 223 Å². The maximum Gasteiger partial charge on any atom is 0.268 e. The fourth-order valence-electron chi connectivity index (χ4n) is 7.73. The second kappa shape index (κ2) is 46.6. The molecule has 64 heavy (non-hydrogen) atoms. The highest BCUT2D eigenvalue weighted by Crippen LogP contribution is 2.38. The smallest absolute Gasteiger partial charge is 0.268 e. The van der Waals surface area contributed by atoms with E-state index < -0.39 is 26.6 Å². The first kappa shape index (κ1) is 62.5. The summed E-state index contributed by atoms with van der Waals surface area (Å²) >= 11 is 0. The largest absolute Gasteiger partial charge is 0.756 e. The van der Waals surface area contributed by atoms with E-state index in [1.165, 1.54) is 180 Å². The molecule has 0 aliphatic heterocycles. The molecule has 0 rings (SSSR count). The highest BCUT2D eigenvalue weighted by atomic mass is 31.2. The predicted molar refractivity (Wildman–Crippen MR) is 274 cm³/mol. The number of phosphoric acid groups is 1. The lowest BCUT2D eigenvalue weighted by Gasteiger charge is -2.29. The minimum atomic E-state index is -4.60. The summed E-state index contributed by atoms with van der Waals surface area (Å²) in [7, 11) is 1.24. The molecule has 0 aromatic heterocycles. The molecule has 8 nitrogen and oxygen atoms in total. The van der Waals surface area contributed by atoms with Crippen molar-refractivity contribution in [3.8, 4) is 0 Å². The zero-order chi connectivity index (χ0) is 47.1. The molecule has 1 amide bonds. The molecule has 0 heterocycles. The third-order valence-electron chi connectivity index (χ3n) is 12.0. The fourth-order valence-corrected chi connectivity index (χ4v) is 8.45.